The first-order valence-electron chi connectivity index (χ1n) is 12.6. The van der Waals surface area contributed by atoms with Crippen molar-refractivity contribution in [2.45, 2.75) is 70.6 Å². The number of benzene rings is 1. The highest BCUT2D eigenvalue weighted by Crippen LogP contribution is 2.36. The number of H-pyrrole nitrogens is 1. The molecule has 2 N–H and O–H groups in total. The zero-order valence-corrected chi connectivity index (χ0v) is 21.5. The summed E-state index contributed by atoms with van der Waals surface area (Å²) in [6.07, 6.45) is 3.26. The van der Waals surface area contributed by atoms with Gasteiger partial charge in [0.25, 0.3) is 0 Å². The number of carbonyl (C=O) groups excluding carboxylic acids is 2. The van der Waals surface area contributed by atoms with E-state index in [1.165, 1.54) is 12.7 Å². The zero-order chi connectivity index (χ0) is 25.3. The molecule has 2 aromatic rings. The number of para-hydroxylation sites is 1. The van der Waals surface area contributed by atoms with Crippen molar-refractivity contribution in [3.63, 3.8) is 0 Å². The number of carbonyl (C=O) groups is 2. The molecule has 1 aromatic heterocycles. The number of aromatic nitrogens is 1. The number of piperidine rings is 2. The number of aromatic amines is 1. The molecule has 192 valence electrons. The van der Waals surface area contributed by atoms with E-state index in [1.54, 1.807) is 4.90 Å². The van der Waals surface area contributed by atoms with Crippen LogP contribution in [-0.4, -0.2) is 83.0 Å². The molecule has 0 spiro atoms. The van der Waals surface area contributed by atoms with Gasteiger partial charge in [0.05, 0.1) is 13.2 Å². The average molecular weight is 486 g/mol. The number of nitrogens with zero attached hydrogens (tertiary/aromatic N) is 2. The van der Waals surface area contributed by atoms with Crippen LogP contribution in [0.25, 0.3) is 10.9 Å². The third kappa shape index (κ3) is 5.48. The third-order valence-corrected chi connectivity index (χ3v) is 7.44. The molecule has 0 radical (unpaired) electrons. The lowest BCUT2D eigenvalue weighted by atomic mass is 9.83. The minimum absolute atomic E-state index is 0.00844. The molecular formula is C27H39N3O5. The van der Waals surface area contributed by atoms with Crippen molar-refractivity contribution in [3.8, 4) is 0 Å². The summed E-state index contributed by atoms with van der Waals surface area (Å²) in [6, 6.07) is 5.80. The predicted molar refractivity (Wildman–Crippen MR) is 134 cm³/mol. The summed E-state index contributed by atoms with van der Waals surface area (Å²) in [4.78, 5) is 32.5. The van der Waals surface area contributed by atoms with E-state index < -0.39 is 17.7 Å². The fourth-order valence-corrected chi connectivity index (χ4v) is 5.69. The maximum Gasteiger partial charge on any atom is 0.410 e. The van der Waals surface area contributed by atoms with Crippen molar-refractivity contribution in [3.05, 3.63) is 35.5 Å². The molecule has 35 heavy (non-hydrogen) atoms. The number of likely N-dealkylation sites (tertiary alicyclic amines) is 2. The van der Waals surface area contributed by atoms with Gasteiger partial charge in [0, 0.05) is 42.7 Å². The minimum Gasteiger partial charge on any atom is -0.468 e. The predicted octanol–water partition coefficient (Wildman–Crippen LogP) is 3.82. The first-order chi connectivity index (χ1) is 16.6. The minimum atomic E-state index is -0.586. The Bertz CT molecular complexity index is 1050. The number of aliphatic hydroxyl groups is 1. The number of fused-ring (bicyclic) bond motifs is 1. The number of β-amino-alcohol motifs (C(OH)–C–C–N with tert-alkyl or cyclic N) is 1. The molecule has 1 aromatic carbocycles. The van der Waals surface area contributed by atoms with Crippen LogP contribution in [0, 0.1) is 12.8 Å². The first-order valence-corrected chi connectivity index (χ1v) is 12.6. The number of hydrogen-bond donors (Lipinski definition) is 2. The van der Waals surface area contributed by atoms with E-state index in [0.29, 0.717) is 39.0 Å². The van der Waals surface area contributed by atoms with Gasteiger partial charge in [-0.2, -0.15) is 0 Å². The van der Waals surface area contributed by atoms with Crippen LogP contribution in [0.1, 0.15) is 57.1 Å². The van der Waals surface area contributed by atoms with Gasteiger partial charge in [-0.25, -0.2) is 4.79 Å². The molecule has 2 aliphatic heterocycles. The van der Waals surface area contributed by atoms with Gasteiger partial charge in [0.15, 0.2) is 0 Å². The summed E-state index contributed by atoms with van der Waals surface area (Å²) in [7, 11) is 1.42. The highest BCUT2D eigenvalue weighted by atomic mass is 16.6. The third-order valence-electron chi connectivity index (χ3n) is 7.44. The molecule has 2 saturated heterocycles. The van der Waals surface area contributed by atoms with Crippen LogP contribution in [0.5, 0.6) is 0 Å². The number of rotatable bonds is 4. The molecule has 0 bridgehead atoms. The lowest BCUT2D eigenvalue weighted by Crippen LogP contribution is -2.55. The average Bonchev–Trinajstić information content (AvgIpc) is 3.24. The normalized spacial score (nSPS) is 23.3. The van der Waals surface area contributed by atoms with E-state index in [1.807, 2.05) is 33.0 Å². The molecule has 3 atom stereocenters. The number of amides is 1. The molecule has 3 unspecified atom stereocenters. The molecule has 3 heterocycles. The second-order valence-corrected chi connectivity index (χ2v) is 11.0. The summed E-state index contributed by atoms with van der Waals surface area (Å²) in [5.41, 5.74) is 2.90. The highest BCUT2D eigenvalue weighted by Gasteiger charge is 2.41. The van der Waals surface area contributed by atoms with Gasteiger partial charge in [-0.15, -0.1) is 0 Å². The maximum atomic E-state index is 12.9. The molecule has 8 nitrogen and oxygen atoms in total. The Morgan fingerprint density at radius 3 is 2.49 bits per heavy atom. The fourth-order valence-electron chi connectivity index (χ4n) is 5.69. The Kier molecular flexibility index (Phi) is 7.43. The van der Waals surface area contributed by atoms with Crippen molar-refractivity contribution in [2.24, 2.45) is 5.92 Å². The number of aryl methyl sites for hydroxylation is 1. The van der Waals surface area contributed by atoms with E-state index in [0.717, 1.165) is 22.9 Å². The number of hydrogen-bond acceptors (Lipinski definition) is 6. The van der Waals surface area contributed by atoms with E-state index in [2.05, 4.69) is 28.9 Å². The van der Waals surface area contributed by atoms with Crippen LogP contribution in [0.15, 0.2) is 24.4 Å². The lowest BCUT2D eigenvalue weighted by molar-refractivity contribution is -0.152. The van der Waals surface area contributed by atoms with E-state index >= 15 is 0 Å². The topological polar surface area (TPSA) is 95.1 Å². The van der Waals surface area contributed by atoms with Gasteiger partial charge in [0.2, 0.25) is 0 Å². The monoisotopic (exact) mass is 485 g/mol. The summed E-state index contributed by atoms with van der Waals surface area (Å²) < 4.78 is 10.7. The van der Waals surface area contributed by atoms with E-state index in [4.69, 9.17) is 9.47 Å². The smallest absolute Gasteiger partial charge is 0.410 e. The van der Waals surface area contributed by atoms with Gasteiger partial charge in [0.1, 0.15) is 11.6 Å². The first kappa shape index (κ1) is 25.5. The number of esters is 1. The van der Waals surface area contributed by atoms with Crippen molar-refractivity contribution in [2.75, 3.05) is 33.3 Å². The Balaban J connectivity index is 1.43. The Morgan fingerprint density at radius 1 is 1.14 bits per heavy atom. The van der Waals surface area contributed by atoms with Crippen molar-refractivity contribution in [1.29, 1.82) is 0 Å². The second kappa shape index (κ2) is 10.2. The Morgan fingerprint density at radius 2 is 1.86 bits per heavy atom. The molecule has 0 aliphatic carbocycles. The number of ether oxygens (including phenoxy) is 2. The summed E-state index contributed by atoms with van der Waals surface area (Å²) >= 11 is 0. The number of nitrogens with one attached hydrogen (secondary N) is 1. The largest absolute Gasteiger partial charge is 0.468 e. The van der Waals surface area contributed by atoms with Crippen LogP contribution < -0.4 is 0 Å². The SMILES string of the molecule is COC(=O)C(C1CCN(C(=O)OC(C)(C)C)CC1)N1CCC(c2c[nH]c3c(C)cccc23)C(O)C1. The standard InChI is InChI=1S/C27H39N3O5/c1-17-7-6-8-20-21(15-28-23(17)20)19-11-14-30(16-22(19)31)24(25(32)34-5)18-9-12-29(13-10-18)26(33)35-27(2,3)4/h6-8,15,18-19,22,24,28,31H,9-14,16H2,1-5H3. The molecule has 1 amide bonds. The molecule has 2 fully saturated rings. The van der Waals surface area contributed by atoms with Gasteiger partial charge in [-0.3, -0.25) is 9.69 Å². The van der Waals surface area contributed by atoms with Crippen LogP contribution in [0.4, 0.5) is 4.79 Å². The molecule has 0 saturated carbocycles. The lowest BCUT2D eigenvalue weighted by Gasteiger charge is -2.43. The van der Waals surface area contributed by atoms with Gasteiger partial charge >= 0.3 is 12.1 Å². The fraction of sp³-hybridized carbons (Fsp3) is 0.630. The summed E-state index contributed by atoms with van der Waals surface area (Å²) in [5.74, 6) is -0.205. The molecule has 4 rings (SSSR count). The summed E-state index contributed by atoms with van der Waals surface area (Å²) in [6.45, 7) is 9.85. The summed E-state index contributed by atoms with van der Waals surface area (Å²) in [5, 5.41) is 12.3. The van der Waals surface area contributed by atoms with Crippen molar-refractivity contribution in [1.82, 2.24) is 14.8 Å². The van der Waals surface area contributed by atoms with E-state index in [-0.39, 0.29) is 23.9 Å². The van der Waals surface area contributed by atoms with E-state index in [9.17, 15) is 14.7 Å². The Labute approximate surface area is 207 Å². The molecular weight excluding hydrogens is 446 g/mol. The Hall–Kier alpha value is -2.58. The van der Waals surface area contributed by atoms with Gasteiger partial charge in [-0.1, -0.05) is 18.2 Å². The maximum absolute atomic E-state index is 12.9. The molecule has 8 heteroatoms. The van der Waals surface area contributed by atoms with Gasteiger partial charge in [-0.05, 0) is 70.5 Å². The number of methoxy groups -OCH3 is 1. The van der Waals surface area contributed by atoms with Gasteiger partial charge < -0.3 is 24.5 Å². The van der Waals surface area contributed by atoms with Crippen LogP contribution in [0.3, 0.4) is 0 Å². The van der Waals surface area contributed by atoms with Crippen molar-refractivity contribution < 1.29 is 24.2 Å². The van der Waals surface area contributed by atoms with Crippen LogP contribution >= 0.6 is 0 Å². The molecule has 2 aliphatic rings. The highest BCUT2D eigenvalue weighted by molar-refractivity contribution is 5.86. The zero-order valence-electron chi connectivity index (χ0n) is 21.5. The van der Waals surface area contributed by atoms with Crippen molar-refractivity contribution >= 4 is 23.0 Å². The second-order valence-electron chi connectivity index (χ2n) is 11.0. The van der Waals surface area contributed by atoms with Crippen LogP contribution in [0.2, 0.25) is 0 Å². The quantitative estimate of drug-likeness (QED) is 0.640. The number of aliphatic hydroxyl groups excluding tert-OH is 1. The van der Waals surface area contributed by atoms with Crippen LogP contribution in [-0.2, 0) is 14.3 Å².